The fourth-order valence-electron chi connectivity index (χ4n) is 0.418. The van der Waals surface area contributed by atoms with Crippen LogP contribution in [0.25, 0.3) is 0 Å². The van der Waals surface area contributed by atoms with E-state index >= 15 is 0 Å². The number of aliphatic hydroxyl groups is 1. The molecule has 0 aliphatic carbocycles. The predicted octanol–water partition coefficient (Wildman–Crippen LogP) is 0.417. The van der Waals surface area contributed by atoms with E-state index in [1.165, 1.54) is 0 Å². The van der Waals surface area contributed by atoms with Gasteiger partial charge in [-0.3, -0.25) is 0 Å². The molecule has 0 rings (SSSR count). The average Bonchev–Trinajstić information content (AvgIpc) is 1.87. The Balaban J connectivity index is 3.76. The van der Waals surface area contributed by atoms with E-state index in [9.17, 15) is 4.21 Å². The summed E-state index contributed by atoms with van der Waals surface area (Å²) in [6.07, 6.45) is -0.460. The van der Waals surface area contributed by atoms with Crippen molar-refractivity contribution in [1.29, 1.82) is 0 Å². The van der Waals surface area contributed by atoms with E-state index in [-0.39, 0.29) is 11.3 Å². The second-order valence-electron chi connectivity index (χ2n) is 2.99. The van der Waals surface area contributed by atoms with Crippen molar-refractivity contribution < 1.29 is 9.32 Å². The molecule has 0 aliphatic heterocycles. The Bertz CT molecular complexity index is 136. The van der Waals surface area contributed by atoms with E-state index in [1.807, 2.05) is 20.8 Å². The van der Waals surface area contributed by atoms with Gasteiger partial charge in [-0.2, -0.15) is 0 Å². The molecule has 0 heterocycles. The van der Waals surface area contributed by atoms with Gasteiger partial charge in [0.05, 0.1) is 17.1 Å². The maximum absolute atomic E-state index is 11.1. The highest BCUT2D eigenvalue weighted by atomic mass is 32.2. The van der Waals surface area contributed by atoms with Crippen LogP contribution in [0.2, 0.25) is 0 Å². The SMILES string of the molecule is CC(O)C(C)NS(=O)C(C)C. The molecular formula is C7H17NO2S. The number of hydrogen-bond donors (Lipinski definition) is 2. The number of aliphatic hydroxyl groups excluding tert-OH is 1. The molecule has 68 valence electrons. The summed E-state index contributed by atoms with van der Waals surface area (Å²) in [5.41, 5.74) is 0. The summed E-state index contributed by atoms with van der Waals surface area (Å²) in [6, 6.07) is -0.113. The maximum atomic E-state index is 11.1. The quantitative estimate of drug-likeness (QED) is 0.657. The van der Waals surface area contributed by atoms with Crippen LogP contribution >= 0.6 is 0 Å². The molecule has 11 heavy (non-hydrogen) atoms. The number of rotatable bonds is 4. The van der Waals surface area contributed by atoms with Gasteiger partial charge in [0, 0.05) is 11.3 Å². The van der Waals surface area contributed by atoms with Crippen LogP contribution in [0, 0.1) is 0 Å². The van der Waals surface area contributed by atoms with Crippen molar-refractivity contribution in [2.24, 2.45) is 0 Å². The van der Waals surface area contributed by atoms with Gasteiger partial charge in [0.15, 0.2) is 0 Å². The summed E-state index contributed by atoms with van der Waals surface area (Å²) < 4.78 is 13.9. The lowest BCUT2D eigenvalue weighted by atomic mass is 10.2. The molecule has 0 amide bonds. The molecule has 0 aromatic carbocycles. The third-order valence-electron chi connectivity index (χ3n) is 1.45. The van der Waals surface area contributed by atoms with E-state index < -0.39 is 17.1 Å². The smallest absolute Gasteiger partial charge is 0.0944 e. The molecule has 3 atom stereocenters. The van der Waals surface area contributed by atoms with E-state index in [2.05, 4.69) is 4.72 Å². The maximum Gasteiger partial charge on any atom is 0.0944 e. The lowest BCUT2D eigenvalue weighted by Gasteiger charge is -2.16. The first kappa shape index (κ1) is 11.1. The van der Waals surface area contributed by atoms with Crippen molar-refractivity contribution in [3.8, 4) is 0 Å². The van der Waals surface area contributed by atoms with Crippen molar-refractivity contribution >= 4 is 11.0 Å². The molecule has 0 saturated heterocycles. The van der Waals surface area contributed by atoms with Gasteiger partial charge in [-0.05, 0) is 27.7 Å². The van der Waals surface area contributed by atoms with Gasteiger partial charge >= 0.3 is 0 Å². The molecule has 0 bridgehead atoms. The summed E-state index contributed by atoms with van der Waals surface area (Å²) >= 11 is 0. The van der Waals surface area contributed by atoms with Crippen LogP contribution in [0.15, 0.2) is 0 Å². The van der Waals surface area contributed by atoms with Gasteiger partial charge in [0.2, 0.25) is 0 Å². The first-order chi connectivity index (χ1) is 4.95. The second kappa shape index (κ2) is 4.85. The Kier molecular flexibility index (Phi) is 4.88. The molecule has 2 N–H and O–H groups in total. The highest BCUT2D eigenvalue weighted by Crippen LogP contribution is 1.95. The van der Waals surface area contributed by atoms with Gasteiger partial charge in [0.1, 0.15) is 0 Å². The van der Waals surface area contributed by atoms with Crippen molar-refractivity contribution in [3.05, 3.63) is 0 Å². The highest BCUT2D eigenvalue weighted by Gasteiger charge is 2.12. The van der Waals surface area contributed by atoms with Gasteiger partial charge in [-0.1, -0.05) is 0 Å². The minimum absolute atomic E-state index is 0.0937. The Hall–Kier alpha value is 0.0700. The Morgan fingerprint density at radius 2 is 1.73 bits per heavy atom. The monoisotopic (exact) mass is 179 g/mol. The molecule has 0 spiro atoms. The van der Waals surface area contributed by atoms with Crippen molar-refractivity contribution in [3.63, 3.8) is 0 Å². The van der Waals surface area contributed by atoms with Crippen LogP contribution in [0.1, 0.15) is 27.7 Å². The Morgan fingerprint density at radius 1 is 1.27 bits per heavy atom. The van der Waals surface area contributed by atoms with Crippen molar-refractivity contribution in [1.82, 2.24) is 4.72 Å². The minimum atomic E-state index is -1.03. The largest absolute Gasteiger partial charge is 0.392 e. The van der Waals surface area contributed by atoms with Crippen LogP contribution in [-0.2, 0) is 11.0 Å². The van der Waals surface area contributed by atoms with E-state index in [0.29, 0.717) is 0 Å². The first-order valence-corrected chi connectivity index (χ1v) is 5.01. The molecule has 0 radical (unpaired) electrons. The van der Waals surface area contributed by atoms with Gasteiger partial charge in [-0.15, -0.1) is 0 Å². The molecule has 0 aliphatic rings. The van der Waals surface area contributed by atoms with E-state index in [4.69, 9.17) is 5.11 Å². The van der Waals surface area contributed by atoms with Crippen LogP contribution in [0.5, 0.6) is 0 Å². The van der Waals surface area contributed by atoms with Gasteiger partial charge < -0.3 is 5.11 Å². The lowest BCUT2D eigenvalue weighted by molar-refractivity contribution is 0.164. The van der Waals surface area contributed by atoms with Crippen molar-refractivity contribution in [2.45, 2.75) is 45.1 Å². The fraction of sp³-hybridized carbons (Fsp3) is 1.00. The van der Waals surface area contributed by atoms with Crippen LogP contribution < -0.4 is 4.72 Å². The van der Waals surface area contributed by atoms with Crippen LogP contribution in [-0.4, -0.2) is 26.7 Å². The fourth-order valence-corrected chi connectivity index (χ4v) is 1.25. The topological polar surface area (TPSA) is 49.3 Å². The molecular weight excluding hydrogens is 162 g/mol. The van der Waals surface area contributed by atoms with Gasteiger partial charge in [-0.25, -0.2) is 8.93 Å². The molecule has 0 saturated carbocycles. The summed E-state index contributed by atoms with van der Waals surface area (Å²) in [7, 11) is -1.03. The zero-order chi connectivity index (χ0) is 9.02. The number of nitrogens with one attached hydrogen (secondary N) is 1. The molecule has 4 heteroatoms. The first-order valence-electron chi connectivity index (χ1n) is 3.80. The standard InChI is InChI=1S/C7H17NO2S/c1-5(2)11(10)8-6(3)7(4)9/h5-9H,1-4H3. The number of hydrogen-bond acceptors (Lipinski definition) is 2. The molecule has 0 fully saturated rings. The third-order valence-corrected chi connectivity index (χ3v) is 2.91. The summed E-state index contributed by atoms with van der Waals surface area (Å²) in [5.74, 6) is 0. The summed E-state index contributed by atoms with van der Waals surface area (Å²) in [4.78, 5) is 0. The second-order valence-corrected chi connectivity index (χ2v) is 4.77. The molecule has 3 nitrogen and oxygen atoms in total. The van der Waals surface area contributed by atoms with Gasteiger partial charge in [0.25, 0.3) is 0 Å². The average molecular weight is 179 g/mol. The Labute approximate surface area is 70.8 Å². The summed E-state index contributed by atoms with van der Waals surface area (Å²) in [6.45, 7) is 7.23. The normalized spacial score (nSPS) is 19.8. The molecule has 3 unspecified atom stereocenters. The molecule has 0 aromatic heterocycles. The minimum Gasteiger partial charge on any atom is -0.392 e. The van der Waals surface area contributed by atoms with E-state index in [0.717, 1.165) is 0 Å². The van der Waals surface area contributed by atoms with Crippen molar-refractivity contribution in [2.75, 3.05) is 0 Å². The van der Waals surface area contributed by atoms with E-state index in [1.54, 1.807) is 6.92 Å². The third kappa shape index (κ3) is 4.50. The molecule has 0 aromatic rings. The zero-order valence-corrected chi connectivity index (χ0v) is 8.31. The lowest BCUT2D eigenvalue weighted by Crippen LogP contribution is -2.39. The van der Waals surface area contributed by atoms with Crippen LogP contribution in [0.4, 0.5) is 0 Å². The highest BCUT2D eigenvalue weighted by molar-refractivity contribution is 7.83. The predicted molar refractivity (Wildman–Crippen MR) is 47.6 cm³/mol. The Morgan fingerprint density at radius 3 is 2.00 bits per heavy atom. The van der Waals surface area contributed by atoms with Crippen LogP contribution in [0.3, 0.4) is 0 Å². The summed E-state index contributed by atoms with van der Waals surface area (Å²) in [5, 5.41) is 9.15. The zero-order valence-electron chi connectivity index (χ0n) is 7.50.